The molecule has 4 rings (SSSR count). The smallest absolute Gasteiger partial charge is 0.269 e. The molecule has 4 aromatic rings. The van der Waals surface area contributed by atoms with Gasteiger partial charge in [0.15, 0.2) is 0 Å². The van der Waals surface area contributed by atoms with Gasteiger partial charge < -0.3 is 4.42 Å². The Balaban J connectivity index is 1.48. The van der Waals surface area contributed by atoms with Gasteiger partial charge in [-0.1, -0.05) is 12.1 Å². The number of nitro groups is 1. The van der Waals surface area contributed by atoms with Gasteiger partial charge in [-0.25, -0.2) is 4.98 Å². The minimum atomic E-state index is -0.442. The van der Waals surface area contributed by atoms with Crippen LogP contribution in [0.15, 0.2) is 52.9 Å². The van der Waals surface area contributed by atoms with Crippen LogP contribution in [0.25, 0.3) is 21.7 Å². The Labute approximate surface area is 164 Å². The monoisotopic (exact) mass is 395 g/mol. The van der Waals surface area contributed by atoms with Crippen molar-refractivity contribution in [1.29, 1.82) is 0 Å². The first-order chi connectivity index (χ1) is 13.5. The summed E-state index contributed by atoms with van der Waals surface area (Å²) < 4.78 is 6.96. The van der Waals surface area contributed by atoms with E-state index in [0.29, 0.717) is 23.9 Å². The summed E-state index contributed by atoms with van der Waals surface area (Å²) in [7, 11) is 1.98. The molecule has 0 N–H and O–H groups in total. The van der Waals surface area contributed by atoms with Crippen LogP contribution in [-0.2, 0) is 6.54 Å². The molecule has 0 aliphatic heterocycles. The molecule has 0 saturated carbocycles. The molecule has 9 heteroatoms. The van der Waals surface area contributed by atoms with E-state index in [9.17, 15) is 10.1 Å². The first kappa shape index (κ1) is 18.2. The predicted molar refractivity (Wildman–Crippen MR) is 106 cm³/mol. The maximum absolute atomic E-state index is 10.8. The van der Waals surface area contributed by atoms with E-state index in [-0.39, 0.29) is 11.7 Å². The average Bonchev–Trinajstić information content (AvgIpc) is 3.34. The van der Waals surface area contributed by atoms with E-state index in [1.165, 1.54) is 12.1 Å². The second-order valence-electron chi connectivity index (χ2n) is 6.42. The Morgan fingerprint density at radius 3 is 2.64 bits per heavy atom. The first-order valence-electron chi connectivity index (χ1n) is 8.64. The van der Waals surface area contributed by atoms with Crippen molar-refractivity contribution in [2.24, 2.45) is 0 Å². The highest BCUT2D eigenvalue weighted by Gasteiger charge is 2.20. The minimum absolute atomic E-state index is 0.0208. The van der Waals surface area contributed by atoms with Crippen molar-refractivity contribution in [3.05, 3.63) is 69.5 Å². The second-order valence-corrected chi connectivity index (χ2v) is 7.53. The maximum atomic E-state index is 10.8. The van der Waals surface area contributed by atoms with Crippen molar-refractivity contribution in [1.82, 2.24) is 20.1 Å². The fourth-order valence-corrected chi connectivity index (χ4v) is 3.80. The third kappa shape index (κ3) is 3.62. The zero-order valence-corrected chi connectivity index (χ0v) is 16.1. The number of nitro benzene ring substituents is 1. The van der Waals surface area contributed by atoms with Crippen LogP contribution in [0.3, 0.4) is 0 Å². The number of hydrogen-bond donors (Lipinski definition) is 0. The van der Waals surface area contributed by atoms with E-state index >= 15 is 0 Å². The van der Waals surface area contributed by atoms with Crippen LogP contribution >= 0.6 is 11.3 Å². The third-order valence-electron chi connectivity index (χ3n) is 4.51. The lowest BCUT2D eigenvalue weighted by atomic mass is 10.2. The van der Waals surface area contributed by atoms with Crippen molar-refractivity contribution in [2.45, 2.75) is 19.5 Å². The van der Waals surface area contributed by atoms with Gasteiger partial charge in [0.2, 0.25) is 11.8 Å². The molecule has 28 heavy (non-hydrogen) atoms. The first-order valence-corrected chi connectivity index (χ1v) is 9.46. The Bertz CT molecular complexity index is 1090. The zero-order chi connectivity index (χ0) is 19.7. The van der Waals surface area contributed by atoms with E-state index in [2.05, 4.69) is 26.1 Å². The Kier molecular flexibility index (Phi) is 4.84. The molecule has 2 aromatic carbocycles. The molecule has 0 bridgehead atoms. The number of para-hydroxylation sites is 1. The summed E-state index contributed by atoms with van der Waals surface area (Å²) in [5.74, 6) is 0.821. The lowest BCUT2D eigenvalue weighted by Gasteiger charge is -2.20. The van der Waals surface area contributed by atoms with Gasteiger partial charge in [0.25, 0.3) is 5.69 Å². The molecule has 2 aromatic heterocycles. The lowest BCUT2D eigenvalue weighted by molar-refractivity contribution is -0.384. The van der Waals surface area contributed by atoms with E-state index in [1.807, 2.05) is 32.2 Å². The Morgan fingerprint density at radius 1 is 1.18 bits per heavy atom. The SMILES string of the molecule is C[C@H](c1nnc(-c2ccc([N+](=O)[O-])cc2)o1)N(C)Cc1nc2ccccc2s1. The third-order valence-corrected chi connectivity index (χ3v) is 5.53. The molecule has 0 aliphatic carbocycles. The summed E-state index contributed by atoms with van der Waals surface area (Å²) in [5, 5.41) is 20.0. The second kappa shape index (κ2) is 7.45. The summed E-state index contributed by atoms with van der Waals surface area (Å²) in [4.78, 5) is 17.1. The molecule has 0 spiro atoms. The molecule has 0 radical (unpaired) electrons. The molecule has 142 valence electrons. The quantitative estimate of drug-likeness (QED) is 0.351. The summed E-state index contributed by atoms with van der Waals surface area (Å²) >= 11 is 1.67. The highest BCUT2D eigenvalue weighted by molar-refractivity contribution is 7.18. The van der Waals surface area contributed by atoms with Crippen molar-refractivity contribution in [3.63, 3.8) is 0 Å². The molecule has 0 aliphatic rings. The predicted octanol–water partition coefficient (Wildman–Crippen LogP) is 4.45. The van der Waals surface area contributed by atoms with Crippen molar-refractivity contribution < 1.29 is 9.34 Å². The summed E-state index contributed by atoms with van der Waals surface area (Å²) in [5.41, 5.74) is 1.67. The molecule has 0 unspecified atom stereocenters. The van der Waals surface area contributed by atoms with Gasteiger partial charge in [-0.2, -0.15) is 0 Å². The molecule has 2 heterocycles. The molecule has 8 nitrogen and oxygen atoms in total. The number of hydrogen-bond acceptors (Lipinski definition) is 8. The van der Waals surface area contributed by atoms with Crippen LogP contribution in [0.1, 0.15) is 23.9 Å². The molecule has 0 fully saturated rings. The number of nitrogens with zero attached hydrogens (tertiary/aromatic N) is 5. The summed E-state index contributed by atoms with van der Waals surface area (Å²) in [6.45, 7) is 2.65. The highest BCUT2D eigenvalue weighted by atomic mass is 32.1. The Morgan fingerprint density at radius 2 is 1.93 bits per heavy atom. The van der Waals surface area contributed by atoms with Gasteiger partial charge in [-0.15, -0.1) is 21.5 Å². The van der Waals surface area contributed by atoms with Gasteiger partial charge in [0.05, 0.1) is 27.7 Å². The standard InChI is InChI=1S/C19H17N5O3S/c1-12(23(2)11-17-20-15-5-3-4-6-16(15)28-17)18-21-22-19(27-18)13-7-9-14(10-8-13)24(25)26/h3-10,12H,11H2,1-2H3/t12-/m1/s1. The summed E-state index contributed by atoms with van der Waals surface area (Å²) in [6, 6.07) is 14.0. The van der Waals surface area contributed by atoms with E-state index in [1.54, 1.807) is 23.5 Å². The minimum Gasteiger partial charge on any atom is -0.419 e. The van der Waals surface area contributed by atoms with E-state index in [0.717, 1.165) is 15.2 Å². The number of non-ortho nitro benzene ring substituents is 1. The van der Waals surface area contributed by atoms with Gasteiger partial charge in [0, 0.05) is 17.7 Å². The number of rotatable bonds is 6. The van der Waals surface area contributed by atoms with Crippen LogP contribution < -0.4 is 0 Å². The van der Waals surface area contributed by atoms with Crippen molar-refractivity contribution >= 4 is 27.2 Å². The van der Waals surface area contributed by atoms with Crippen LogP contribution in [0.2, 0.25) is 0 Å². The van der Waals surface area contributed by atoms with Crippen molar-refractivity contribution in [3.8, 4) is 11.5 Å². The van der Waals surface area contributed by atoms with Crippen LogP contribution in [0, 0.1) is 10.1 Å². The maximum Gasteiger partial charge on any atom is 0.269 e. The largest absolute Gasteiger partial charge is 0.419 e. The van der Waals surface area contributed by atoms with Gasteiger partial charge in [-0.3, -0.25) is 15.0 Å². The van der Waals surface area contributed by atoms with Gasteiger partial charge >= 0.3 is 0 Å². The van der Waals surface area contributed by atoms with Gasteiger partial charge in [-0.05, 0) is 38.2 Å². The normalized spacial score (nSPS) is 12.5. The fraction of sp³-hybridized carbons (Fsp3) is 0.211. The van der Waals surface area contributed by atoms with Crippen LogP contribution in [0.4, 0.5) is 5.69 Å². The van der Waals surface area contributed by atoms with Gasteiger partial charge in [0.1, 0.15) is 5.01 Å². The molecule has 1 atom stereocenters. The number of aromatic nitrogens is 3. The summed E-state index contributed by atoms with van der Waals surface area (Å²) in [6.07, 6.45) is 0. The highest BCUT2D eigenvalue weighted by Crippen LogP contribution is 2.27. The average molecular weight is 395 g/mol. The molecular formula is C19H17N5O3S. The van der Waals surface area contributed by atoms with Crippen molar-refractivity contribution in [2.75, 3.05) is 7.05 Å². The number of fused-ring (bicyclic) bond motifs is 1. The van der Waals surface area contributed by atoms with E-state index in [4.69, 9.17) is 4.42 Å². The van der Waals surface area contributed by atoms with Crippen LogP contribution in [-0.4, -0.2) is 32.1 Å². The Hall–Kier alpha value is -3.17. The molecular weight excluding hydrogens is 378 g/mol. The number of benzene rings is 2. The number of thiazole rings is 1. The molecule has 0 saturated heterocycles. The lowest BCUT2D eigenvalue weighted by Crippen LogP contribution is -2.22. The fourth-order valence-electron chi connectivity index (χ4n) is 2.77. The zero-order valence-electron chi connectivity index (χ0n) is 15.3. The molecule has 0 amide bonds. The topological polar surface area (TPSA) is 98.2 Å². The van der Waals surface area contributed by atoms with E-state index < -0.39 is 4.92 Å². The van der Waals surface area contributed by atoms with Crippen LogP contribution in [0.5, 0.6) is 0 Å².